The molecule has 0 radical (unpaired) electrons. The Labute approximate surface area is 140 Å². The van der Waals surface area contributed by atoms with E-state index in [-0.39, 0.29) is 0 Å². The Morgan fingerprint density at radius 3 is 2.96 bits per heavy atom. The summed E-state index contributed by atoms with van der Waals surface area (Å²) >= 11 is 7.64. The number of fused-ring (bicyclic) bond motifs is 1. The molecule has 0 aliphatic carbocycles. The smallest absolute Gasteiger partial charge is 0.284 e. The molecule has 8 heteroatoms. The van der Waals surface area contributed by atoms with E-state index in [9.17, 15) is 0 Å². The van der Waals surface area contributed by atoms with Crippen molar-refractivity contribution in [2.24, 2.45) is 0 Å². The van der Waals surface area contributed by atoms with Crippen molar-refractivity contribution in [2.75, 3.05) is 13.2 Å². The normalized spacial score (nSPS) is 13.3. The van der Waals surface area contributed by atoms with Crippen molar-refractivity contribution in [1.82, 2.24) is 10.2 Å². The Kier molecular flexibility index (Phi) is 3.88. The van der Waals surface area contributed by atoms with Crippen LogP contribution in [0.3, 0.4) is 0 Å². The van der Waals surface area contributed by atoms with Crippen molar-refractivity contribution in [1.29, 1.82) is 0 Å². The van der Waals surface area contributed by atoms with Crippen LogP contribution in [0.25, 0.3) is 11.7 Å². The number of hydrogen-bond donors (Lipinski definition) is 0. The van der Waals surface area contributed by atoms with Gasteiger partial charge in [0.25, 0.3) is 11.1 Å². The first-order chi connectivity index (χ1) is 11.3. The molecule has 3 heterocycles. The summed E-state index contributed by atoms with van der Waals surface area (Å²) < 4.78 is 21.8. The van der Waals surface area contributed by atoms with Crippen LogP contribution in [0, 0.1) is 0 Å². The fourth-order valence-corrected chi connectivity index (χ4v) is 3.14. The van der Waals surface area contributed by atoms with E-state index in [1.54, 1.807) is 18.4 Å². The lowest BCUT2D eigenvalue weighted by Gasteiger charge is -2.20. The lowest BCUT2D eigenvalue weighted by molar-refractivity contribution is 0.171. The number of aromatic nitrogens is 2. The highest BCUT2D eigenvalue weighted by Crippen LogP contribution is 2.39. The fraction of sp³-hybridized carbons (Fsp3) is 0.200. The first kappa shape index (κ1) is 14.5. The minimum atomic E-state index is 0.359. The van der Waals surface area contributed by atoms with Crippen LogP contribution in [0.2, 0.25) is 5.02 Å². The topological polar surface area (TPSA) is 70.5 Å². The largest absolute Gasteiger partial charge is 0.486 e. The molecule has 1 aliphatic rings. The van der Waals surface area contributed by atoms with Crippen LogP contribution in [-0.2, 0) is 5.75 Å². The highest BCUT2D eigenvalue weighted by atomic mass is 35.5. The van der Waals surface area contributed by atoms with E-state index in [2.05, 4.69) is 10.2 Å². The van der Waals surface area contributed by atoms with E-state index in [1.807, 2.05) is 12.1 Å². The monoisotopic (exact) mass is 350 g/mol. The van der Waals surface area contributed by atoms with Crippen molar-refractivity contribution in [2.45, 2.75) is 11.0 Å². The average molecular weight is 351 g/mol. The highest BCUT2D eigenvalue weighted by Gasteiger charge is 2.17. The second-order valence-electron chi connectivity index (χ2n) is 4.74. The molecule has 6 nitrogen and oxygen atoms in total. The second-order valence-corrected chi connectivity index (χ2v) is 6.07. The Balaban J connectivity index is 1.48. The second kappa shape index (κ2) is 6.17. The number of ether oxygens (including phenoxy) is 2. The number of hydrogen-bond acceptors (Lipinski definition) is 7. The van der Waals surface area contributed by atoms with Crippen molar-refractivity contribution in [3.8, 4) is 23.1 Å². The van der Waals surface area contributed by atoms with E-state index >= 15 is 0 Å². The highest BCUT2D eigenvalue weighted by molar-refractivity contribution is 7.98. The Bertz CT molecular complexity index is 819. The van der Waals surface area contributed by atoms with Crippen molar-refractivity contribution in [3.05, 3.63) is 41.1 Å². The third-order valence-corrected chi connectivity index (χ3v) is 4.33. The van der Waals surface area contributed by atoms with Gasteiger partial charge in [0.2, 0.25) is 0 Å². The first-order valence-corrected chi connectivity index (χ1v) is 8.24. The third kappa shape index (κ3) is 3.02. The van der Waals surface area contributed by atoms with Crippen LogP contribution in [0.15, 0.2) is 44.6 Å². The molecular formula is C15H11ClN2O4S. The van der Waals surface area contributed by atoms with E-state index in [0.29, 0.717) is 52.4 Å². The molecule has 0 bridgehead atoms. The molecule has 3 aromatic rings. The van der Waals surface area contributed by atoms with Crippen LogP contribution in [-0.4, -0.2) is 23.4 Å². The summed E-state index contributed by atoms with van der Waals surface area (Å²) in [6.07, 6.45) is 1.56. The maximum Gasteiger partial charge on any atom is 0.284 e. The third-order valence-electron chi connectivity index (χ3n) is 3.16. The van der Waals surface area contributed by atoms with Crippen LogP contribution >= 0.6 is 23.4 Å². The van der Waals surface area contributed by atoms with Gasteiger partial charge < -0.3 is 18.3 Å². The van der Waals surface area contributed by atoms with Gasteiger partial charge in [-0.3, -0.25) is 0 Å². The number of furan rings is 1. The molecule has 23 heavy (non-hydrogen) atoms. The molecule has 1 aromatic carbocycles. The number of benzene rings is 1. The molecule has 0 spiro atoms. The molecular weight excluding hydrogens is 340 g/mol. The molecule has 0 atom stereocenters. The average Bonchev–Trinajstić information content (AvgIpc) is 3.24. The Hall–Kier alpha value is -2.12. The van der Waals surface area contributed by atoms with Gasteiger partial charge >= 0.3 is 0 Å². The summed E-state index contributed by atoms with van der Waals surface area (Å²) in [5.74, 6) is 2.80. The Morgan fingerprint density at radius 1 is 1.17 bits per heavy atom. The molecule has 0 saturated carbocycles. The van der Waals surface area contributed by atoms with Crippen LogP contribution in [0.1, 0.15) is 5.56 Å². The predicted octanol–water partition coefficient (Wildman–Crippen LogP) is 4.05. The van der Waals surface area contributed by atoms with Gasteiger partial charge in [-0.25, -0.2) is 0 Å². The van der Waals surface area contributed by atoms with Gasteiger partial charge in [-0.05, 0) is 29.8 Å². The summed E-state index contributed by atoms with van der Waals surface area (Å²) in [5.41, 5.74) is 0.988. The number of thioether (sulfide) groups is 1. The lowest BCUT2D eigenvalue weighted by atomic mass is 10.2. The van der Waals surface area contributed by atoms with Gasteiger partial charge in [0, 0.05) is 5.75 Å². The summed E-state index contributed by atoms with van der Waals surface area (Å²) in [7, 11) is 0. The molecule has 0 unspecified atom stereocenters. The van der Waals surface area contributed by atoms with Gasteiger partial charge in [0.05, 0.1) is 11.3 Å². The molecule has 4 rings (SSSR count). The molecule has 0 saturated heterocycles. The minimum absolute atomic E-state index is 0.359. The number of rotatable bonds is 4. The zero-order valence-electron chi connectivity index (χ0n) is 11.8. The maximum absolute atomic E-state index is 6.22. The molecule has 1 aliphatic heterocycles. The quantitative estimate of drug-likeness (QED) is 0.657. The number of nitrogens with zero attached hydrogens (tertiary/aromatic N) is 2. The molecule has 0 fully saturated rings. The summed E-state index contributed by atoms with van der Waals surface area (Å²) in [6.45, 7) is 1.04. The lowest BCUT2D eigenvalue weighted by Crippen LogP contribution is -2.15. The van der Waals surface area contributed by atoms with Gasteiger partial charge in [-0.1, -0.05) is 23.4 Å². The van der Waals surface area contributed by atoms with E-state index in [0.717, 1.165) is 5.56 Å². The summed E-state index contributed by atoms with van der Waals surface area (Å²) in [5, 5.41) is 8.95. The minimum Gasteiger partial charge on any atom is -0.486 e. The first-order valence-electron chi connectivity index (χ1n) is 6.88. The Morgan fingerprint density at radius 2 is 2.09 bits per heavy atom. The van der Waals surface area contributed by atoms with Crippen LogP contribution < -0.4 is 9.47 Å². The zero-order chi connectivity index (χ0) is 15.6. The van der Waals surface area contributed by atoms with Crippen LogP contribution in [0.4, 0.5) is 0 Å². The summed E-state index contributed by atoms with van der Waals surface area (Å²) in [4.78, 5) is 0. The molecule has 0 N–H and O–H groups in total. The SMILES string of the molecule is Clc1cc(CSc2nnc(-c3ccco3)o2)cc2c1OCCO2. The molecule has 2 aromatic heterocycles. The van der Waals surface area contributed by atoms with Gasteiger partial charge in [-0.2, -0.15) is 0 Å². The van der Waals surface area contributed by atoms with Gasteiger partial charge in [0.1, 0.15) is 13.2 Å². The van der Waals surface area contributed by atoms with Crippen molar-refractivity contribution in [3.63, 3.8) is 0 Å². The standard InChI is InChI=1S/C15H11ClN2O4S/c16-10-6-9(7-12-13(10)21-5-4-20-12)8-23-15-18-17-14(22-15)11-2-1-3-19-11/h1-3,6-7H,4-5,8H2. The molecule has 0 amide bonds. The van der Waals surface area contributed by atoms with Crippen LogP contribution in [0.5, 0.6) is 11.5 Å². The van der Waals surface area contributed by atoms with Gasteiger partial charge in [0.15, 0.2) is 17.3 Å². The van der Waals surface area contributed by atoms with Crippen molar-refractivity contribution >= 4 is 23.4 Å². The number of halogens is 1. The fourth-order valence-electron chi connectivity index (χ4n) is 2.16. The maximum atomic E-state index is 6.22. The predicted molar refractivity (Wildman–Crippen MR) is 84.0 cm³/mol. The molecule has 118 valence electrons. The van der Waals surface area contributed by atoms with Crippen molar-refractivity contribution < 1.29 is 18.3 Å². The summed E-state index contributed by atoms with van der Waals surface area (Å²) in [6, 6.07) is 7.30. The van der Waals surface area contributed by atoms with E-state index in [1.165, 1.54) is 11.8 Å². The van der Waals surface area contributed by atoms with E-state index in [4.69, 9.17) is 29.9 Å². The van der Waals surface area contributed by atoms with E-state index < -0.39 is 0 Å². The zero-order valence-corrected chi connectivity index (χ0v) is 13.4. The van der Waals surface area contributed by atoms with Gasteiger partial charge in [-0.15, -0.1) is 10.2 Å².